The number of rotatable bonds is 3. The van der Waals surface area contributed by atoms with Gasteiger partial charge < -0.3 is 15.8 Å². The van der Waals surface area contributed by atoms with Gasteiger partial charge in [0.25, 0.3) is 5.91 Å². The molecule has 1 amide bonds. The van der Waals surface area contributed by atoms with Crippen LogP contribution in [0.4, 0.5) is 4.39 Å². The third-order valence-corrected chi connectivity index (χ3v) is 2.35. The average Bonchev–Trinajstić information content (AvgIpc) is 2.31. The minimum absolute atomic E-state index is 0.110. The maximum Gasteiger partial charge on any atom is 0.257 e. The molecule has 7 heteroatoms. The summed E-state index contributed by atoms with van der Waals surface area (Å²) in [6.07, 6.45) is 0. The van der Waals surface area contributed by atoms with Gasteiger partial charge in [-0.2, -0.15) is 0 Å². The number of amidine groups is 1. The predicted octanol–water partition coefficient (Wildman–Crippen LogP) is 1.30. The monoisotopic (exact) mass is 259 g/mol. The van der Waals surface area contributed by atoms with Crippen molar-refractivity contribution >= 4 is 23.3 Å². The Balaban J connectivity index is 2.93. The number of oxime groups is 1. The van der Waals surface area contributed by atoms with E-state index in [9.17, 15) is 9.18 Å². The highest BCUT2D eigenvalue weighted by Gasteiger charge is 2.18. The van der Waals surface area contributed by atoms with Gasteiger partial charge in [0, 0.05) is 7.05 Å². The zero-order chi connectivity index (χ0) is 13.0. The third kappa shape index (κ3) is 3.07. The number of nitrogens with two attached hydrogens (primary N) is 1. The molecule has 1 aromatic rings. The van der Waals surface area contributed by atoms with Crippen molar-refractivity contribution in [2.24, 2.45) is 10.9 Å². The summed E-state index contributed by atoms with van der Waals surface area (Å²) < 4.78 is 13.5. The number of nitrogens with zero attached hydrogens (tertiary/aromatic N) is 2. The van der Waals surface area contributed by atoms with Crippen LogP contribution in [-0.4, -0.2) is 35.4 Å². The first-order chi connectivity index (χ1) is 7.97. The number of likely N-dealkylation sites (N-methyl/N-ethyl adjacent to an activating group) is 1. The highest BCUT2D eigenvalue weighted by atomic mass is 35.5. The molecule has 0 fully saturated rings. The fourth-order valence-corrected chi connectivity index (χ4v) is 1.40. The number of halogens is 2. The van der Waals surface area contributed by atoms with Crippen molar-refractivity contribution in [2.45, 2.75) is 0 Å². The molecule has 5 nitrogen and oxygen atoms in total. The molecule has 3 N–H and O–H groups in total. The molecule has 0 saturated heterocycles. The number of benzene rings is 1. The summed E-state index contributed by atoms with van der Waals surface area (Å²) in [4.78, 5) is 12.9. The van der Waals surface area contributed by atoms with E-state index in [-0.39, 0.29) is 23.0 Å². The number of carbonyl (C=O) groups excluding carboxylic acids is 1. The van der Waals surface area contributed by atoms with Gasteiger partial charge in [-0.1, -0.05) is 22.8 Å². The minimum Gasteiger partial charge on any atom is -0.409 e. The van der Waals surface area contributed by atoms with Crippen LogP contribution in [0.1, 0.15) is 10.4 Å². The van der Waals surface area contributed by atoms with Gasteiger partial charge in [0.1, 0.15) is 0 Å². The van der Waals surface area contributed by atoms with Gasteiger partial charge in [0.15, 0.2) is 11.7 Å². The Labute approximate surface area is 102 Å². The van der Waals surface area contributed by atoms with Crippen molar-refractivity contribution in [1.29, 1.82) is 0 Å². The van der Waals surface area contributed by atoms with E-state index in [1.54, 1.807) is 0 Å². The van der Waals surface area contributed by atoms with Crippen LogP contribution in [0.15, 0.2) is 23.4 Å². The third-order valence-electron chi connectivity index (χ3n) is 2.06. The summed E-state index contributed by atoms with van der Waals surface area (Å²) in [6, 6.07) is 4.12. The van der Waals surface area contributed by atoms with E-state index in [0.29, 0.717) is 0 Å². The average molecular weight is 260 g/mol. The van der Waals surface area contributed by atoms with E-state index >= 15 is 0 Å². The first kappa shape index (κ1) is 13.2. The molecule has 0 spiro atoms. The fraction of sp³-hybridized carbons (Fsp3) is 0.200. The van der Waals surface area contributed by atoms with E-state index in [4.69, 9.17) is 22.5 Å². The van der Waals surface area contributed by atoms with Crippen LogP contribution in [0.25, 0.3) is 0 Å². The Morgan fingerprint density at radius 2 is 2.29 bits per heavy atom. The Bertz CT molecular complexity index is 465. The van der Waals surface area contributed by atoms with Crippen LogP contribution in [0, 0.1) is 5.82 Å². The maximum atomic E-state index is 13.5. The highest BCUT2D eigenvalue weighted by Crippen LogP contribution is 2.18. The molecule has 0 aliphatic rings. The van der Waals surface area contributed by atoms with E-state index in [1.807, 2.05) is 0 Å². The molecular weight excluding hydrogens is 249 g/mol. The Hall–Kier alpha value is -1.82. The minimum atomic E-state index is -0.787. The van der Waals surface area contributed by atoms with Crippen molar-refractivity contribution in [3.8, 4) is 0 Å². The number of carbonyl (C=O) groups is 1. The number of hydrogen-bond donors (Lipinski definition) is 2. The highest BCUT2D eigenvalue weighted by molar-refractivity contribution is 6.31. The lowest BCUT2D eigenvalue weighted by Gasteiger charge is -2.16. The molecule has 92 valence electrons. The van der Waals surface area contributed by atoms with Crippen LogP contribution in [0.3, 0.4) is 0 Å². The molecule has 0 bridgehead atoms. The molecule has 0 atom stereocenters. The topological polar surface area (TPSA) is 78.9 Å². The molecule has 1 rings (SSSR count). The summed E-state index contributed by atoms with van der Waals surface area (Å²) >= 11 is 5.56. The standard InChI is InChI=1S/C10H11ClFN3O2/c1-15(5-8(13)14-17)10(16)6-3-2-4-7(11)9(6)12/h2-4,17H,5H2,1H3,(H2,13,14). The van der Waals surface area contributed by atoms with Crippen molar-refractivity contribution < 1.29 is 14.4 Å². The second-order valence-electron chi connectivity index (χ2n) is 3.35. The molecular formula is C10H11ClFN3O2. The molecule has 0 aromatic heterocycles. The molecule has 0 aliphatic heterocycles. The smallest absolute Gasteiger partial charge is 0.257 e. The van der Waals surface area contributed by atoms with Gasteiger partial charge in [-0.15, -0.1) is 0 Å². The first-order valence-electron chi connectivity index (χ1n) is 4.63. The van der Waals surface area contributed by atoms with Crippen LogP contribution >= 0.6 is 11.6 Å². The Morgan fingerprint density at radius 1 is 1.65 bits per heavy atom. The van der Waals surface area contributed by atoms with Crippen LogP contribution in [0.2, 0.25) is 5.02 Å². The van der Waals surface area contributed by atoms with E-state index in [0.717, 1.165) is 4.90 Å². The zero-order valence-corrected chi connectivity index (χ0v) is 9.78. The van der Waals surface area contributed by atoms with Crippen molar-refractivity contribution in [3.05, 3.63) is 34.6 Å². The van der Waals surface area contributed by atoms with Gasteiger partial charge in [0.05, 0.1) is 17.1 Å². The molecule has 0 saturated carbocycles. The quantitative estimate of drug-likeness (QED) is 0.372. The van der Waals surface area contributed by atoms with Gasteiger partial charge >= 0.3 is 0 Å². The van der Waals surface area contributed by atoms with E-state index in [2.05, 4.69) is 5.16 Å². The summed E-state index contributed by atoms with van der Waals surface area (Å²) in [5.41, 5.74) is 5.08. The van der Waals surface area contributed by atoms with E-state index in [1.165, 1.54) is 25.2 Å². The molecule has 1 aromatic carbocycles. The lowest BCUT2D eigenvalue weighted by molar-refractivity contribution is 0.0809. The van der Waals surface area contributed by atoms with Crippen molar-refractivity contribution in [3.63, 3.8) is 0 Å². The molecule has 0 radical (unpaired) electrons. The largest absolute Gasteiger partial charge is 0.409 e. The molecule has 0 aliphatic carbocycles. The second kappa shape index (κ2) is 5.49. The summed E-state index contributed by atoms with van der Waals surface area (Å²) in [5, 5.41) is 11.0. The van der Waals surface area contributed by atoms with Crippen LogP contribution in [-0.2, 0) is 0 Å². The lowest BCUT2D eigenvalue weighted by atomic mass is 10.2. The van der Waals surface area contributed by atoms with Crippen LogP contribution in [0.5, 0.6) is 0 Å². The number of hydrogen-bond acceptors (Lipinski definition) is 3. The van der Waals surface area contributed by atoms with Gasteiger partial charge in [-0.3, -0.25) is 4.79 Å². The summed E-state index contributed by atoms with van der Waals surface area (Å²) in [5.74, 6) is -1.54. The van der Waals surface area contributed by atoms with Gasteiger partial charge in [-0.05, 0) is 12.1 Å². The lowest BCUT2D eigenvalue weighted by Crippen LogP contribution is -2.36. The fourth-order valence-electron chi connectivity index (χ4n) is 1.22. The maximum absolute atomic E-state index is 13.5. The summed E-state index contributed by atoms with van der Waals surface area (Å²) in [6.45, 7) is -0.110. The summed E-state index contributed by atoms with van der Waals surface area (Å²) in [7, 11) is 1.40. The Morgan fingerprint density at radius 3 is 2.88 bits per heavy atom. The second-order valence-corrected chi connectivity index (χ2v) is 3.76. The van der Waals surface area contributed by atoms with Crippen molar-refractivity contribution in [1.82, 2.24) is 4.90 Å². The van der Waals surface area contributed by atoms with Crippen molar-refractivity contribution in [2.75, 3.05) is 13.6 Å². The molecule has 0 heterocycles. The SMILES string of the molecule is CN(C/C(N)=N/O)C(=O)c1cccc(Cl)c1F. The van der Waals surface area contributed by atoms with E-state index < -0.39 is 11.7 Å². The zero-order valence-electron chi connectivity index (χ0n) is 9.02. The predicted molar refractivity (Wildman–Crippen MR) is 61.8 cm³/mol. The molecule has 17 heavy (non-hydrogen) atoms. The van der Waals surface area contributed by atoms with Gasteiger partial charge in [-0.25, -0.2) is 4.39 Å². The number of amides is 1. The first-order valence-corrected chi connectivity index (χ1v) is 5.01. The normalized spacial score (nSPS) is 11.4. The Kier molecular flexibility index (Phi) is 4.28. The van der Waals surface area contributed by atoms with Gasteiger partial charge in [0.2, 0.25) is 0 Å². The molecule has 0 unspecified atom stereocenters. The van der Waals surface area contributed by atoms with Crippen LogP contribution < -0.4 is 5.73 Å².